The Hall–Kier alpha value is -3.49. The van der Waals surface area contributed by atoms with Crippen LogP contribution in [0, 0.1) is 13.8 Å². The molecule has 0 aliphatic rings. The van der Waals surface area contributed by atoms with Gasteiger partial charge in [0.15, 0.2) is 0 Å². The molecule has 0 bridgehead atoms. The Labute approximate surface area is 225 Å². The van der Waals surface area contributed by atoms with Gasteiger partial charge >= 0.3 is 0 Å². The first-order valence-corrected chi connectivity index (χ1v) is 13.4. The van der Waals surface area contributed by atoms with Crippen molar-refractivity contribution in [1.82, 2.24) is 20.0 Å². The summed E-state index contributed by atoms with van der Waals surface area (Å²) in [6.45, 7) is 4.85. The van der Waals surface area contributed by atoms with E-state index in [0.717, 1.165) is 44.8 Å². The van der Waals surface area contributed by atoms with Gasteiger partial charge in [0.25, 0.3) is 11.8 Å². The minimum Gasteiger partial charge on any atom is -0.494 e. The second-order valence-corrected chi connectivity index (χ2v) is 9.88. The molecule has 2 heterocycles. The average molecular weight is 537 g/mol. The summed E-state index contributed by atoms with van der Waals surface area (Å²) in [6.07, 6.45) is 3.01. The van der Waals surface area contributed by atoms with Crippen LogP contribution in [-0.2, 0) is 6.42 Å². The molecule has 2 aromatic carbocycles. The second kappa shape index (κ2) is 12.7. The first-order chi connectivity index (χ1) is 17.9. The Morgan fingerprint density at radius 3 is 2.57 bits per heavy atom. The highest BCUT2D eigenvalue weighted by molar-refractivity contribution is 7.97. The van der Waals surface area contributed by atoms with Crippen LogP contribution < -0.4 is 14.8 Å². The molecule has 0 radical (unpaired) electrons. The zero-order valence-corrected chi connectivity index (χ0v) is 22.3. The summed E-state index contributed by atoms with van der Waals surface area (Å²) in [4.78, 5) is 32.4. The van der Waals surface area contributed by atoms with Crippen molar-refractivity contribution in [2.75, 3.05) is 18.9 Å². The number of H-pyrrole nitrogens is 1. The lowest BCUT2D eigenvalue weighted by atomic mass is 10.1. The van der Waals surface area contributed by atoms with E-state index in [-0.39, 0.29) is 11.8 Å². The summed E-state index contributed by atoms with van der Waals surface area (Å²) < 4.78 is 8.85. The Kier molecular flexibility index (Phi) is 9.09. The van der Waals surface area contributed by atoms with Crippen LogP contribution in [0.25, 0.3) is 10.9 Å². The highest BCUT2D eigenvalue weighted by Gasteiger charge is 2.17. The number of hydrogen-bond donors (Lipinski definition) is 3. The van der Waals surface area contributed by atoms with E-state index in [1.807, 2.05) is 50.2 Å². The van der Waals surface area contributed by atoms with Crippen molar-refractivity contribution in [3.63, 3.8) is 0 Å². The Morgan fingerprint density at radius 2 is 1.81 bits per heavy atom. The fourth-order valence-electron chi connectivity index (χ4n) is 4.05. The maximum absolute atomic E-state index is 13.0. The van der Waals surface area contributed by atoms with E-state index in [2.05, 4.69) is 20.0 Å². The largest absolute Gasteiger partial charge is 0.494 e. The number of benzene rings is 2. The Morgan fingerprint density at radius 1 is 1.05 bits per heavy atom. The minimum atomic E-state index is -0.239. The van der Waals surface area contributed by atoms with Gasteiger partial charge in [-0.05, 0) is 85.7 Å². The molecule has 4 aromatic rings. The molecular weight excluding hydrogens is 508 g/mol. The van der Waals surface area contributed by atoms with Crippen molar-refractivity contribution in [3.8, 4) is 5.75 Å². The van der Waals surface area contributed by atoms with E-state index in [1.54, 1.807) is 24.4 Å². The first kappa shape index (κ1) is 26.6. The molecule has 192 valence electrons. The molecule has 9 heteroatoms. The van der Waals surface area contributed by atoms with Crippen molar-refractivity contribution in [2.24, 2.45) is 0 Å². The maximum Gasteiger partial charge on any atom is 0.277 e. The van der Waals surface area contributed by atoms with Crippen molar-refractivity contribution in [1.29, 1.82) is 0 Å². The molecule has 2 aromatic heterocycles. The Balaban J connectivity index is 1.31. The molecule has 2 amide bonds. The van der Waals surface area contributed by atoms with Crippen molar-refractivity contribution < 1.29 is 14.3 Å². The van der Waals surface area contributed by atoms with Gasteiger partial charge in [0.1, 0.15) is 17.1 Å². The number of pyridine rings is 1. The van der Waals surface area contributed by atoms with E-state index < -0.39 is 0 Å². The quantitative estimate of drug-likeness (QED) is 0.170. The number of ether oxygens (including phenoxy) is 1. The molecule has 0 aliphatic carbocycles. The molecule has 0 fully saturated rings. The number of carbonyl (C=O) groups is 2. The summed E-state index contributed by atoms with van der Waals surface area (Å²) in [5.74, 6) is 0.879. The summed E-state index contributed by atoms with van der Waals surface area (Å²) in [5.41, 5.74) is 4.76. The highest BCUT2D eigenvalue weighted by atomic mass is 35.5. The second-order valence-electron chi connectivity index (χ2n) is 8.60. The number of para-hydroxylation sites is 1. The lowest BCUT2D eigenvalue weighted by molar-refractivity contribution is 0.0950. The fraction of sp³-hybridized carbons (Fsp3) is 0.250. The van der Waals surface area contributed by atoms with Crippen LogP contribution in [0.3, 0.4) is 0 Å². The number of aromatic nitrogens is 2. The number of amides is 2. The molecule has 0 spiro atoms. The summed E-state index contributed by atoms with van der Waals surface area (Å²) in [7, 11) is 0. The lowest BCUT2D eigenvalue weighted by Crippen LogP contribution is -2.28. The summed E-state index contributed by atoms with van der Waals surface area (Å²) in [5, 5.41) is 4.59. The summed E-state index contributed by atoms with van der Waals surface area (Å²) in [6, 6.07) is 17.0. The van der Waals surface area contributed by atoms with E-state index in [1.165, 1.54) is 11.9 Å². The third-order valence-electron chi connectivity index (χ3n) is 5.84. The molecule has 7 nitrogen and oxygen atoms in total. The van der Waals surface area contributed by atoms with Crippen LogP contribution in [0.2, 0.25) is 5.02 Å². The third kappa shape index (κ3) is 6.84. The molecule has 0 aliphatic heterocycles. The van der Waals surface area contributed by atoms with E-state index >= 15 is 0 Å². The van der Waals surface area contributed by atoms with Crippen LogP contribution in [0.5, 0.6) is 5.75 Å². The molecule has 0 saturated heterocycles. The number of hydrogen-bond acceptors (Lipinski definition) is 5. The van der Waals surface area contributed by atoms with Gasteiger partial charge in [0.2, 0.25) is 0 Å². The molecule has 0 unspecified atom stereocenters. The smallest absolute Gasteiger partial charge is 0.277 e. The van der Waals surface area contributed by atoms with Crippen LogP contribution in [0.4, 0.5) is 0 Å². The molecule has 0 atom stereocenters. The number of nitrogens with one attached hydrogen (secondary N) is 3. The minimum absolute atomic E-state index is 0.197. The highest BCUT2D eigenvalue weighted by Crippen LogP contribution is 2.27. The molecule has 0 saturated carbocycles. The number of carbonyl (C=O) groups excluding carboxylic acids is 2. The van der Waals surface area contributed by atoms with Crippen LogP contribution in [0.15, 0.2) is 60.8 Å². The van der Waals surface area contributed by atoms with Crippen LogP contribution in [-0.4, -0.2) is 40.7 Å². The zero-order chi connectivity index (χ0) is 26.2. The number of fused-ring (bicyclic) bond motifs is 1. The molecule has 3 N–H and O–H groups in total. The molecule has 37 heavy (non-hydrogen) atoms. The van der Waals surface area contributed by atoms with Gasteiger partial charge in [-0.15, -0.1) is 0 Å². The van der Waals surface area contributed by atoms with Gasteiger partial charge in [0.05, 0.1) is 6.61 Å². The number of aromatic amines is 1. The standard InChI is InChI=1S/C28H29ClN4O3S/c1-18-16-20(17-19(2)25(18)29)36-14-7-9-22-21-8-3-4-10-23(21)32-26(22)28(35)33-37-15-13-31-27(34)24-11-5-6-12-30-24/h3-6,8,10-12,16-17,32H,7,9,13-15H2,1-2H3,(H,31,34)(H,33,35). The fourth-order valence-corrected chi connectivity index (χ4v) is 4.70. The van der Waals surface area contributed by atoms with Crippen molar-refractivity contribution >= 4 is 46.3 Å². The number of rotatable bonds is 11. The third-order valence-corrected chi connectivity index (χ3v) is 7.18. The van der Waals surface area contributed by atoms with E-state index in [4.69, 9.17) is 16.3 Å². The van der Waals surface area contributed by atoms with Crippen LogP contribution in [0.1, 0.15) is 44.1 Å². The Bertz CT molecular complexity index is 1370. The monoisotopic (exact) mass is 536 g/mol. The predicted octanol–water partition coefficient (Wildman–Crippen LogP) is 5.65. The summed E-state index contributed by atoms with van der Waals surface area (Å²) >= 11 is 7.51. The number of halogens is 1. The van der Waals surface area contributed by atoms with E-state index in [0.29, 0.717) is 36.7 Å². The van der Waals surface area contributed by atoms with Crippen molar-refractivity contribution in [2.45, 2.75) is 26.7 Å². The zero-order valence-electron chi connectivity index (χ0n) is 20.8. The molecule has 4 rings (SSSR count). The molecular formula is C28H29ClN4O3S. The van der Waals surface area contributed by atoms with E-state index in [9.17, 15) is 9.59 Å². The number of nitrogens with zero attached hydrogens (tertiary/aromatic N) is 1. The van der Waals surface area contributed by atoms with Gasteiger partial charge in [-0.2, -0.15) is 0 Å². The van der Waals surface area contributed by atoms with Crippen molar-refractivity contribution in [3.05, 3.63) is 93.9 Å². The van der Waals surface area contributed by atoms with Gasteiger partial charge in [-0.25, -0.2) is 0 Å². The lowest BCUT2D eigenvalue weighted by Gasteiger charge is -2.10. The normalized spacial score (nSPS) is 10.9. The maximum atomic E-state index is 13.0. The van der Waals surface area contributed by atoms with Gasteiger partial charge in [-0.1, -0.05) is 35.9 Å². The van der Waals surface area contributed by atoms with Gasteiger partial charge in [-0.3, -0.25) is 19.3 Å². The van der Waals surface area contributed by atoms with Crippen LogP contribution >= 0.6 is 23.5 Å². The number of aryl methyl sites for hydroxylation is 3. The predicted molar refractivity (Wildman–Crippen MR) is 150 cm³/mol. The van der Waals surface area contributed by atoms with Gasteiger partial charge < -0.3 is 15.0 Å². The first-order valence-electron chi connectivity index (χ1n) is 12.0. The van der Waals surface area contributed by atoms with Gasteiger partial charge in [0, 0.05) is 34.4 Å². The topological polar surface area (TPSA) is 96.1 Å². The average Bonchev–Trinajstić information content (AvgIpc) is 3.28. The SMILES string of the molecule is Cc1cc(OCCCc2c(C(=O)NSCCNC(=O)c3ccccn3)[nH]c3ccccc23)cc(C)c1Cl.